The number of rotatable bonds is 11. The van der Waals surface area contributed by atoms with Gasteiger partial charge in [0.1, 0.15) is 18.9 Å². The largest absolute Gasteiger partial charge is 0.471 e. The van der Waals surface area contributed by atoms with Crippen molar-refractivity contribution in [1.29, 1.82) is 0 Å². The van der Waals surface area contributed by atoms with E-state index in [-0.39, 0.29) is 42.2 Å². The molecule has 0 spiro atoms. The molecule has 3 N–H and O–H groups in total. The Morgan fingerprint density at radius 1 is 1.02 bits per heavy atom. The smallest absolute Gasteiger partial charge is 0.405 e. The summed E-state index contributed by atoms with van der Waals surface area (Å²) in [5.74, 6) is 2.02. The Kier molecular flexibility index (Phi) is 12.9. The van der Waals surface area contributed by atoms with E-state index in [1.165, 1.54) is 6.20 Å². The number of alkyl halides is 3. The standard InChI is InChI=1S/C38H45F3N4O7Si/c1-37(2,3)53(28-17-9-5-10-18-28,29-19-11-6-12-20-29)51-24-31-30(46)22-33(52-31)45-23-26(14-13-21-42-35(48)38(39,40)41)34(44-36(45)49)43-32(47)25-50-27-15-7-4-8-16-27/h5-6,9-12,17-20,23,27,30-31,33,46H,4,7-8,15-16,21-22,24-25H2,1-3H3,(H,42,48)(H,43,44,47,49)/t30?,31-,33-/m1/s1. The van der Waals surface area contributed by atoms with Crippen molar-refractivity contribution in [1.82, 2.24) is 14.9 Å². The average molecular weight is 755 g/mol. The number of halogens is 3. The maximum Gasteiger partial charge on any atom is 0.471 e. The number of carbonyl (C=O) groups is 2. The molecule has 2 fully saturated rings. The van der Waals surface area contributed by atoms with E-state index >= 15 is 0 Å². The lowest BCUT2D eigenvalue weighted by molar-refractivity contribution is -0.173. The molecule has 3 aromatic rings. The molecule has 3 atom stereocenters. The van der Waals surface area contributed by atoms with E-state index in [0.29, 0.717) is 0 Å². The number of benzene rings is 2. The van der Waals surface area contributed by atoms with E-state index in [0.717, 1.165) is 47.0 Å². The van der Waals surface area contributed by atoms with Crippen LogP contribution in [0.1, 0.15) is 71.1 Å². The summed E-state index contributed by atoms with van der Waals surface area (Å²) in [6.07, 6.45) is -2.01. The molecule has 2 aliphatic rings. The molecule has 2 amide bonds. The maximum atomic E-state index is 13.4. The molecule has 0 bridgehead atoms. The van der Waals surface area contributed by atoms with Crippen LogP contribution in [0.5, 0.6) is 0 Å². The monoisotopic (exact) mass is 754 g/mol. The van der Waals surface area contributed by atoms with Crippen molar-refractivity contribution in [3.8, 4) is 11.8 Å². The van der Waals surface area contributed by atoms with Gasteiger partial charge in [0.25, 0.3) is 14.2 Å². The van der Waals surface area contributed by atoms with Gasteiger partial charge in [-0.1, -0.05) is 113 Å². The Morgan fingerprint density at radius 2 is 1.64 bits per heavy atom. The molecule has 1 aromatic heterocycles. The van der Waals surface area contributed by atoms with Gasteiger partial charge in [0, 0.05) is 12.6 Å². The van der Waals surface area contributed by atoms with Gasteiger partial charge in [-0.2, -0.15) is 18.2 Å². The summed E-state index contributed by atoms with van der Waals surface area (Å²) >= 11 is 0. The molecule has 2 heterocycles. The van der Waals surface area contributed by atoms with Gasteiger partial charge in [0.15, 0.2) is 5.82 Å². The highest BCUT2D eigenvalue weighted by Gasteiger charge is 2.51. The van der Waals surface area contributed by atoms with Crippen molar-refractivity contribution in [3.05, 3.63) is 82.9 Å². The third-order valence-corrected chi connectivity index (χ3v) is 14.4. The fourth-order valence-corrected chi connectivity index (χ4v) is 11.4. The van der Waals surface area contributed by atoms with Gasteiger partial charge in [0.05, 0.1) is 30.9 Å². The van der Waals surface area contributed by atoms with Crippen molar-refractivity contribution in [2.24, 2.45) is 0 Å². The minimum absolute atomic E-state index is 0.00777. The molecule has 1 saturated heterocycles. The van der Waals surface area contributed by atoms with E-state index in [9.17, 15) is 32.7 Å². The summed E-state index contributed by atoms with van der Waals surface area (Å²) in [7, 11) is -2.99. The predicted molar refractivity (Wildman–Crippen MR) is 194 cm³/mol. The van der Waals surface area contributed by atoms with Crippen LogP contribution in [0.25, 0.3) is 0 Å². The number of hydrogen-bond donors (Lipinski definition) is 3. The molecule has 1 aliphatic heterocycles. The van der Waals surface area contributed by atoms with Gasteiger partial charge < -0.3 is 29.6 Å². The SMILES string of the molecule is CC(C)(C)[Si](OC[C@H]1O[C@@H](n2cc(C#CCNC(=O)C(F)(F)F)c(NC(=O)COC3CCCCC3)nc2=O)CC1O)(c1ccccc1)c1ccccc1. The average Bonchev–Trinajstić information content (AvgIpc) is 3.50. The number of aromatic nitrogens is 2. The summed E-state index contributed by atoms with van der Waals surface area (Å²) in [5.41, 5.74) is -0.850. The summed E-state index contributed by atoms with van der Waals surface area (Å²) in [6, 6.07) is 19.9. The highest BCUT2D eigenvalue weighted by atomic mass is 28.4. The molecule has 0 radical (unpaired) electrons. The fourth-order valence-electron chi connectivity index (χ4n) is 6.82. The molecule has 1 aliphatic carbocycles. The summed E-state index contributed by atoms with van der Waals surface area (Å²) < 4.78 is 58.1. The Morgan fingerprint density at radius 3 is 2.23 bits per heavy atom. The lowest BCUT2D eigenvalue weighted by Crippen LogP contribution is -2.67. The van der Waals surface area contributed by atoms with Crippen LogP contribution < -0.4 is 26.7 Å². The zero-order chi connectivity index (χ0) is 38.2. The summed E-state index contributed by atoms with van der Waals surface area (Å²) in [6.45, 7) is 5.41. The number of hydrogen-bond acceptors (Lipinski definition) is 8. The first-order valence-corrected chi connectivity index (χ1v) is 19.6. The summed E-state index contributed by atoms with van der Waals surface area (Å²) in [4.78, 5) is 41.5. The Labute approximate surface area is 307 Å². The van der Waals surface area contributed by atoms with Crippen molar-refractivity contribution >= 4 is 36.3 Å². The second-order valence-electron chi connectivity index (χ2n) is 14.2. The summed E-state index contributed by atoms with van der Waals surface area (Å²) in [5, 5.41) is 17.1. The Hall–Kier alpha value is -4.33. The zero-order valence-electron chi connectivity index (χ0n) is 29.9. The highest BCUT2D eigenvalue weighted by Crippen LogP contribution is 2.38. The number of aliphatic hydroxyl groups is 1. The second-order valence-corrected chi connectivity index (χ2v) is 18.5. The van der Waals surface area contributed by atoms with Crippen molar-refractivity contribution in [3.63, 3.8) is 0 Å². The van der Waals surface area contributed by atoms with Crippen LogP contribution in [0, 0.1) is 11.8 Å². The van der Waals surface area contributed by atoms with Crippen LogP contribution in [0.3, 0.4) is 0 Å². The number of amides is 2. The van der Waals surface area contributed by atoms with Crippen LogP contribution in [0.15, 0.2) is 71.7 Å². The van der Waals surface area contributed by atoms with E-state index in [1.54, 1.807) is 5.32 Å². The first-order valence-electron chi connectivity index (χ1n) is 17.7. The van der Waals surface area contributed by atoms with Crippen molar-refractivity contribution in [2.75, 3.05) is 25.1 Å². The van der Waals surface area contributed by atoms with Gasteiger partial charge >= 0.3 is 17.8 Å². The molecule has 5 rings (SSSR count). The minimum atomic E-state index is -5.09. The van der Waals surface area contributed by atoms with E-state index < -0.39 is 57.0 Å². The highest BCUT2D eigenvalue weighted by molar-refractivity contribution is 6.99. The molecule has 15 heteroatoms. The van der Waals surface area contributed by atoms with Gasteiger partial charge in [0.2, 0.25) is 0 Å². The van der Waals surface area contributed by atoms with E-state index in [2.05, 4.69) is 42.9 Å². The van der Waals surface area contributed by atoms with E-state index in [1.807, 2.05) is 60.7 Å². The Bertz CT molecular complexity index is 1800. The topological polar surface area (TPSA) is 141 Å². The van der Waals surface area contributed by atoms with Crippen LogP contribution in [0.2, 0.25) is 5.04 Å². The van der Waals surface area contributed by atoms with Crippen LogP contribution in [-0.2, 0) is 23.5 Å². The third kappa shape index (κ3) is 9.81. The quantitative estimate of drug-likeness (QED) is 0.199. The van der Waals surface area contributed by atoms with Gasteiger partial charge in [-0.25, -0.2) is 4.79 Å². The second kappa shape index (κ2) is 17.2. The molecule has 1 unspecified atom stereocenters. The number of carbonyl (C=O) groups excluding carboxylic acids is 2. The number of nitrogens with zero attached hydrogens (tertiary/aromatic N) is 2. The maximum absolute atomic E-state index is 13.4. The van der Waals surface area contributed by atoms with Crippen LogP contribution in [-0.4, -0.2) is 79.0 Å². The first kappa shape index (κ1) is 39.9. The van der Waals surface area contributed by atoms with Gasteiger partial charge in [-0.15, -0.1) is 0 Å². The predicted octanol–water partition coefficient (Wildman–Crippen LogP) is 3.79. The molecular weight excluding hydrogens is 710 g/mol. The normalized spacial score (nSPS) is 19.6. The molecule has 2 aromatic carbocycles. The molecule has 1 saturated carbocycles. The van der Waals surface area contributed by atoms with Gasteiger partial charge in [-0.3, -0.25) is 14.2 Å². The zero-order valence-corrected chi connectivity index (χ0v) is 30.9. The molecule has 11 nitrogen and oxygen atoms in total. The molecular formula is C38H45F3N4O7Si. The van der Waals surface area contributed by atoms with Crippen LogP contribution in [0.4, 0.5) is 19.0 Å². The van der Waals surface area contributed by atoms with Crippen molar-refractivity contribution < 1.29 is 41.8 Å². The molecule has 53 heavy (non-hydrogen) atoms. The van der Waals surface area contributed by atoms with Gasteiger partial charge in [-0.05, 0) is 28.3 Å². The third-order valence-electron chi connectivity index (χ3n) is 9.42. The van der Waals surface area contributed by atoms with E-state index in [4.69, 9.17) is 13.9 Å². The lowest BCUT2D eigenvalue weighted by atomic mass is 9.98. The number of nitrogens with one attached hydrogen (secondary N) is 2. The lowest BCUT2D eigenvalue weighted by Gasteiger charge is -2.43. The number of aliphatic hydroxyl groups excluding tert-OH is 1. The number of ether oxygens (including phenoxy) is 2. The molecule has 284 valence electrons. The first-order chi connectivity index (χ1) is 25.2. The van der Waals surface area contributed by atoms with Crippen molar-refractivity contribution in [2.45, 2.75) is 95.1 Å². The number of anilines is 1. The Balaban J connectivity index is 1.38. The fraction of sp³-hybridized carbons (Fsp3) is 0.474. The minimum Gasteiger partial charge on any atom is -0.405 e. The van der Waals surface area contributed by atoms with Crippen LogP contribution >= 0.6 is 0 Å².